The van der Waals surface area contributed by atoms with E-state index < -0.39 is 0 Å². The summed E-state index contributed by atoms with van der Waals surface area (Å²) in [5, 5.41) is 3.10. The third-order valence-corrected chi connectivity index (χ3v) is 5.94. The molecular weight excluding hydrogens is 475 g/mol. The first-order valence-corrected chi connectivity index (χ1v) is 10.9. The molecule has 2 heterocycles. The van der Waals surface area contributed by atoms with Crippen LogP contribution in [0, 0.1) is 9.49 Å². The minimum atomic E-state index is -0.0252. The van der Waals surface area contributed by atoms with Crippen LogP contribution in [0.1, 0.15) is 18.4 Å². The molecule has 1 aromatic heterocycles. The molecule has 3 aromatic rings. The van der Waals surface area contributed by atoms with E-state index >= 15 is 0 Å². The Morgan fingerprint density at radius 1 is 1.10 bits per heavy atom. The number of nitrogens with zero attached hydrogens (tertiary/aromatic N) is 3. The number of hydrogen-bond donors (Lipinski definition) is 1. The van der Waals surface area contributed by atoms with E-state index in [0.717, 1.165) is 42.0 Å². The van der Waals surface area contributed by atoms with Crippen molar-refractivity contribution in [2.75, 3.05) is 18.0 Å². The molecule has 2 aromatic carbocycles. The van der Waals surface area contributed by atoms with Crippen LogP contribution in [0.5, 0.6) is 0 Å². The summed E-state index contributed by atoms with van der Waals surface area (Å²) in [5.74, 6) is 0.974. The Hall–Kier alpha value is -2.48. The normalized spacial score (nSPS) is 16.4. The lowest BCUT2D eigenvalue weighted by molar-refractivity contribution is -0.125. The number of hydrogen-bond acceptors (Lipinski definition) is 4. The van der Waals surface area contributed by atoms with Crippen molar-refractivity contribution in [3.8, 4) is 11.3 Å². The van der Waals surface area contributed by atoms with Gasteiger partial charge in [-0.2, -0.15) is 0 Å². The van der Waals surface area contributed by atoms with Crippen LogP contribution < -0.4 is 10.2 Å². The van der Waals surface area contributed by atoms with E-state index in [4.69, 9.17) is 0 Å². The minimum Gasteiger partial charge on any atom is -0.356 e. The monoisotopic (exact) mass is 498 g/mol. The number of halogens is 1. The summed E-state index contributed by atoms with van der Waals surface area (Å²) in [4.78, 5) is 23.8. The lowest BCUT2D eigenvalue weighted by Gasteiger charge is -2.33. The van der Waals surface area contributed by atoms with Crippen molar-refractivity contribution in [1.82, 2.24) is 15.3 Å². The Kier molecular flexibility index (Phi) is 6.39. The van der Waals surface area contributed by atoms with Crippen LogP contribution in [0.25, 0.3) is 11.3 Å². The van der Waals surface area contributed by atoms with E-state index in [0.29, 0.717) is 13.1 Å². The number of aromatic nitrogens is 2. The number of rotatable bonds is 5. The van der Waals surface area contributed by atoms with Crippen LogP contribution in [0.2, 0.25) is 0 Å². The summed E-state index contributed by atoms with van der Waals surface area (Å²) < 4.78 is 1.19. The summed E-state index contributed by atoms with van der Waals surface area (Å²) in [5.41, 5.74) is 3.09. The Balaban J connectivity index is 1.40. The third kappa shape index (κ3) is 5.12. The Morgan fingerprint density at radius 3 is 2.69 bits per heavy atom. The highest BCUT2D eigenvalue weighted by atomic mass is 127. The molecule has 1 saturated heterocycles. The van der Waals surface area contributed by atoms with Crippen molar-refractivity contribution in [3.05, 3.63) is 76.1 Å². The molecule has 1 fully saturated rings. The highest BCUT2D eigenvalue weighted by molar-refractivity contribution is 14.1. The van der Waals surface area contributed by atoms with E-state index in [9.17, 15) is 4.79 Å². The van der Waals surface area contributed by atoms with E-state index in [1.165, 1.54) is 3.57 Å². The van der Waals surface area contributed by atoms with Gasteiger partial charge in [0.25, 0.3) is 0 Å². The van der Waals surface area contributed by atoms with Crippen molar-refractivity contribution in [2.24, 2.45) is 5.92 Å². The number of anilines is 1. The maximum absolute atomic E-state index is 12.7. The number of amides is 1. The number of nitrogens with one attached hydrogen (secondary N) is 1. The van der Waals surface area contributed by atoms with Gasteiger partial charge in [0, 0.05) is 34.8 Å². The van der Waals surface area contributed by atoms with E-state index in [1.807, 2.05) is 36.4 Å². The maximum Gasteiger partial charge on any atom is 0.225 e. The Labute approximate surface area is 184 Å². The van der Waals surface area contributed by atoms with E-state index in [-0.39, 0.29) is 11.8 Å². The van der Waals surface area contributed by atoms with Gasteiger partial charge in [-0.3, -0.25) is 4.79 Å². The van der Waals surface area contributed by atoms with Crippen molar-refractivity contribution in [2.45, 2.75) is 19.4 Å². The average molecular weight is 498 g/mol. The number of carbonyl (C=O) groups is 1. The molecule has 1 N–H and O–H groups in total. The highest BCUT2D eigenvalue weighted by Gasteiger charge is 2.26. The molecule has 148 valence electrons. The topological polar surface area (TPSA) is 58.1 Å². The molecule has 29 heavy (non-hydrogen) atoms. The average Bonchev–Trinajstić information content (AvgIpc) is 2.79. The molecule has 1 aliphatic rings. The zero-order valence-electron chi connectivity index (χ0n) is 16.1. The fraction of sp³-hybridized carbons (Fsp3) is 0.261. The predicted molar refractivity (Wildman–Crippen MR) is 123 cm³/mol. The molecule has 0 saturated carbocycles. The smallest absolute Gasteiger partial charge is 0.225 e. The van der Waals surface area contributed by atoms with E-state index in [1.54, 1.807) is 6.33 Å². The predicted octanol–water partition coefficient (Wildman–Crippen LogP) is 4.28. The maximum atomic E-state index is 12.7. The summed E-state index contributed by atoms with van der Waals surface area (Å²) in [6.45, 7) is 2.16. The van der Waals surface area contributed by atoms with Crippen LogP contribution in [0.3, 0.4) is 0 Å². The van der Waals surface area contributed by atoms with Crippen molar-refractivity contribution < 1.29 is 4.79 Å². The molecule has 4 rings (SSSR count). The van der Waals surface area contributed by atoms with Gasteiger partial charge in [-0.15, -0.1) is 0 Å². The molecule has 1 amide bonds. The van der Waals surface area contributed by atoms with Crippen LogP contribution in [0.15, 0.2) is 67.0 Å². The first-order valence-electron chi connectivity index (χ1n) is 9.83. The Bertz CT molecular complexity index is 962. The summed E-state index contributed by atoms with van der Waals surface area (Å²) >= 11 is 2.28. The molecule has 0 radical (unpaired) electrons. The second kappa shape index (κ2) is 9.35. The first kappa shape index (κ1) is 19.8. The van der Waals surface area contributed by atoms with E-state index in [2.05, 4.69) is 67.0 Å². The van der Waals surface area contributed by atoms with Crippen LogP contribution in [-0.4, -0.2) is 29.0 Å². The van der Waals surface area contributed by atoms with Gasteiger partial charge in [-0.05, 0) is 53.1 Å². The van der Waals surface area contributed by atoms with Gasteiger partial charge in [0.15, 0.2) is 0 Å². The zero-order valence-corrected chi connectivity index (χ0v) is 18.2. The van der Waals surface area contributed by atoms with Crippen molar-refractivity contribution in [3.63, 3.8) is 0 Å². The lowest BCUT2D eigenvalue weighted by Crippen LogP contribution is -2.43. The molecule has 0 aliphatic carbocycles. The van der Waals surface area contributed by atoms with Crippen molar-refractivity contribution in [1.29, 1.82) is 0 Å². The van der Waals surface area contributed by atoms with Gasteiger partial charge in [0.2, 0.25) is 5.91 Å². The second-order valence-electron chi connectivity index (χ2n) is 7.26. The van der Waals surface area contributed by atoms with Crippen LogP contribution in [0.4, 0.5) is 5.82 Å². The van der Waals surface area contributed by atoms with Gasteiger partial charge in [0.1, 0.15) is 12.1 Å². The van der Waals surface area contributed by atoms with Gasteiger partial charge in [-0.25, -0.2) is 9.97 Å². The highest BCUT2D eigenvalue weighted by Crippen LogP contribution is 2.25. The van der Waals surface area contributed by atoms with Crippen LogP contribution >= 0.6 is 22.6 Å². The number of benzene rings is 2. The van der Waals surface area contributed by atoms with Gasteiger partial charge < -0.3 is 10.2 Å². The first-order chi connectivity index (χ1) is 14.2. The second-order valence-corrected chi connectivity index (χ2v) is 8.50. The molecule has 6 heteroatoms. The largest absolute Gasteiger partial charge is 0.356 e. The van der Waals surface area contributed by atoms with Gasteiger partial charge in [0.05, 0.1) is 11.6 Å². The summed E-state index contributed by atoms with van der Waals surface area (Å²) in [6.07, 6.45) is 3.50. The minimum absolute atomic E-state index is 0.0252. The number of carbonyl (C=O) groups excluding carboxylic acids is 1. The molecular formula is C23H23IN4O. The molecule has 1 unspecified atom stereocenters. The fourth-order valence-corrected chi connectivity index (χ4v) is 3.98. The summed E-state index contributed by atoms with van der Waals surface area (Å²) in [6, 6.07) is 20.3. The molecule has 0 spiro atoms. The zero-order chi connectivity index (χ0) is 20.1. The molecule has 0 bridgehead atoms. The number of piperidine rings is 1. The lowest BCUT2D eigenvalue weighted by atomic mass is 9.97. The summed E-state index contributed by atoms with van der Waals surface area (Å²) in [7, 11) is 0. The quantitative estimate of drug-likeness (QED) is 0.534. The van der Waals surface area contributed by atoms with Gasteiger partial charge in [-0.1, -0.05) is 42.5 Å². The Morgan fingerprint density at radius 2 is 1.90 bits per heavy atom. The van der Waals surface area contributed by atoms with Crippen LogP contribution in [-0.2, 0) is 11.3 Å². The SMILES string of the molecule is O=C(NCc1ccc(I)cc1)C1CCCN(c2cc(-c3ccccc3)ncn2)C1. The van der Waals surface area contributed by atoms with Gasteiger partial charge >= 0.3 is 0 Å². The molecule has 5 nitrogen and oxygen atoms in total. The van der Waals surface area contributed by atoms with Crippen molar-refractivity contribution >= 4 is 34.3 Å². The standard InChI is InChI=1S/C23H23IN4O/c24-20-10-8-17(9-11-20)14-25-23(29)19-7-4-12-28(15-19)22-13-21(26-16-27-22)18-5-2-1-3-6-18/h1-3,5-6,8-11,13,16,19H,4,7,12,14-15H2,(H,25,29). The molecule has 1 aliphatic heterocycles. The molecule has 1 atom stereocenters. The third-order valence-electron chi connectivity index (χ3n) is 5.22. The fourth-order valence-electron chi connectivity index (χ4n) is 3.62.